The van der Waals surface area contributed by atoms with Gasteiger partial charge >= 0.3 is 0 Å². The first-order valence-corrected chi connectivity index (χ1v) is 10.8. The highest BCUT2D eigenvalue weighted by atomic mass is 32.1. The average Bonchev–Trinajstić information content (AvgIpc) is 3.12. The molecule has 3 aromatic rings. The van der Waals surface area contributed by atoms with Crippen molar-refractivity contribution in [1.29, 1.82) is 0 Å². The Bertz CT molecular complexity index is 1270. The molecule has 0 saturated carbocycles. The van der Waals surface area contributed by atoms with Crippen LogP contribution >= 0.6 is 11.3 Å². The lowest BCUT2D eigenvalue weighted by molar-refractivity contribution is -0.384. The summed E-state index contributed by atoms with van der Waals surface area (Å²) < 4.78 is 2.90. The number of fused-ring (bicyclic) bond motifs is 1. The molecule has 4 rings (SSSR count). The van der Waals surface area contributed by atoms with Crippen LogP contribution in [-0.2, 0) is 11.8 Å². The van der Waals surface area contributed by atoms with Gasteiger partial charge in [0.2, 0.25) is 10.7 Å². The third-order valence-electron chi connectivity index (χ3n) is 5.47. The molecule has 0 spiro atoms. The number of hydrogen-bond donors (Lipinski definition) is 1. The first-order chi connectivity index (χ1) is 15.3. The summed E-state index contributed by atoms with van der Waals surface area (Å²) in [5.41, 5.74) is 3.92. The molecule has 0 unspecified atom stereocenters. The maximum atomic E-state index is 12.6. The minimum absolute atomic E-state index is 0.0121. The summed E-state index contributed by atoms with van der Waals surface area (Å²) in [6.07, 6.45) is 0. The van der Waals surface area contributed by atoms with Gasteiger partial charge in [-0.2, -0.15) is 0 Å². The summed E-state index contributed by atoms with van der Waals surface area (Å²) in [6, 6.07) is 12.2. The van der Waals surface area contributed by atoms with Crippen LogP contribution in [-0.4, -0.2) is 52.4 Å². The summed E-state index contributed by atoms with van der Waals surface area (Å²) in [5.74, 6) is -0.541. The van der Waals surface area contributed by atoms with Crippen molar-refractivity contribution in [2.45, 2.75) is 6.92 Å². The van der Waals surface area contributed by atoms with Crippen molar-refractivity contribution in [1.82, 2.24) is 14.9 Å². The van der Waals surface area contributed by atoms with Gasteiger partial charge in [0.15, 0.2) is 0 Å². The SMILES string of the molecule is CC(=O)N1CCN(c2ccc(C(=O)N/N=c3\sc4ccccc4n3C)cc2[N+](=O)[O-])CC1. The number of para-hydroxylation sites is 1. The molecule has 10 nitrogen and oxygen atoms in total. The first kappa shape index (κ1) is 21.5. The standard InChI is InChI=1S/C21H22N6O4S/c1-14(28)25-9-11-26(12-10-25)16-8-7-15(13-18(16)27(30)31)20(29)22-23-21-24(2)17-5-3-4-6-19(17)32-21/h3-8,13H,9-12H2,1-2H3,(H,22,29)/b23-21-. The van der Waals surface area contributed by atoms with Crippen LogP contribution < -0.4 is 15.1 Å². The fourth-order valence-corrected chi connectivity index (χ4v) is 4.67. The number of nitro groups is 1. The maximum absolute atomic E-state index is 12.6. The third-order valence-corrected chi connectivity index (χ3v) is 6.58. The second-order valence-electron chi connectivity index (χ2n) is 7.42. The number of benzene rings is 2. The Hall–Kier alpha value is -3.73. The second-order valence-corrected chi connectivity index (χ2v) is 8.43. The number of nitrogens with zero attached hydrogens (tertiary/aromatic N) is 5. The van der Waals surface area contributed by atoms with E-state index in [9.17, 15) is 19.7 Å². The molecular formula is C21H22N6O4S. The van der Waals surface area contributed by atoms with E-state index in [0.717, 1.165) is 10.2 Å². The van der Waals surface area contributed by atoms with Gasteiger partial charge in [-0.25, -0.2) is 5.43 Å². The highest BCUT2D eigenvalue weighted by Gasteiger charge is 2.25. The van der Waals surface area contributed by atoms with Gasteiger partial charge in [-0.05, 0) is 24.3 Å². The number of aromatic nitrogens is 1. The fraction of sp³-hybridized carbons (Fsp3) is 0.286. The van der Waals surface area contributed by atoms with Crippen molar-refractivity contribution in [2.75, 3.05) is 31.1 Å². The van der Waals surface area contributed by atoms with Gasteiger partial charge in [0.1, 0.15) is 5.69 Å². The Balaban J connectivity index is 1.55. The molecule has 0 bridgehead atoms. The number of rotatable bonds is 4. The van der Waals surface area contributed by atoms with Crippen molar-refractivity contribution >= 4 is 44.7 Å². The molecule has 0 radical (unpaired) electrons. The molecule has 0 atom stereocenters. The Kier molecular flexibility index (Phi) is 5.91. The maximum Gasteiger partial charge on any atom is 0.293 e. The minimum atomic E-state index is -0.529. The highest BCUT2D eigenvalue weighted by Crippen LogP contribution is 2.30. The molecule has 1 N–H and O–H groups in total. The van der Waals surface area contributed by atoms with Crippen LogP contribution in [0, 0.1) is 10.1 Å². The van der Waals surface area contributed by atoms with Crippen LogP contribution in [0.5, 0.6) is 0 Å². The van der Waals surface area contributed by atoms with E-state index in [2.05, 4.69) is 10.5 Å². The van der Waals surface area contributed by atoms with Gasteiger partial charge in [-0.3, -0.25) is 19.7 Å². The topological polar surface area (TPSA) is 113 Å². The molecule has 1 aliphatic heterocycles. The number of amides is 2. The Morgan fingerprint density at radius 1 is 1.12 bits per heavy atom. The number of piperazine rings is 1. The van der Waals surface area contributed by atoms with Gasteiger partial charge < -0.3 is 14.4 Å². The summed E-state index contributed by atoms with van der Waals surface area (Å²) >= 11 is 1.43. The normalized spacial score (nSPS) is 14.6. The quantitative estimate of drug-likeness (QED) is 0.479. The van der Waals surface area contributed by atoms with E-state index in [4.69, 9.17) is 0 Å². The monoisotopic (exact) mass is 454 g/mol. The predicted molar refractivity (Wildman–Crippen MR) is 121 cm³/mol. The zero-order chi connectivity index (χ0) is 22.8. The van der Waals surface area contributed by atoms with E-state index in [-0.39, 0.29) is 17.2 Å². The Morgan fingerprint density at radius 2 is 1.84 bits per heavy atom. The molecule has 1 aliphatic rings. The highest BCUT2D eigenvalue weighted by molar-refractivity contribution is 7.16. The van der Waals surface area contributed by atoms with E-state index in [1.807, 2.05) is 40.8 Å². The van der Waals surface area contributed by atoms with Crippen molar-refractivity contribution in [3.63, 3.8) is 0 Å². The smallest absolute Gasteiger partial charge is 0.293 e. The van der Waals surface area contributed by atoms with Crippen LogP contribution in [0.4, 0.5) is 11.4 Å². The largest absolute Gasteiger partial charge is 0.362 e. The van der Waals surface area contributed by atoms with Gasteiger partial charge in [0.25, 0.3) is 11.6 Å². The molecule has 11 heteroatoms. The minimum Gasteiger partial charge on any atom is -0.362 e. The third kappa shape index (κ3) is 4.19. The van der Waals surface area contributed by atoms with Crippen molar-refractivity contribution in [3.05, 3.63) is 62.9 Å². The lowest BCUT2D eigenvalue weighted by Gasteiger charge is -2.35. The number of thiazole rings is 1. The molecule has 32 heavy (non-hydrogen) atoms. The number of aryl methyl sites for hydroxylation is 1. The summed E-state index contributed by atoms with van der Waals surface area (Å²) in [7, 11) is 1.86. The van der Waals surface area contributed by atoms with Gasteiger partial charge in [-0.15, -0.1) is 5.10 Å². The number of nitrogens with one attached hydrogen (secondary N) is 1. The molecule has 1 saturated heterocycles. The van der Waals surface area contributed by atoms with Crippen LogP contribution in [0.1, 0.15) is 17.3 Å². The predicted octanol–water partition coefficient (Wildman–Crippen LogP) is 2.06. The second kappa shape index (κ2) is 8.79. The summed E-state index contributed by atoms with van der Waals surface area (Å²) in [5, 5.41) is 15.9. The van der Waals surface area contributed by atoms with E-state index >= 15 is 0 Å². The van der Waals surface area contributed by atoms with Crippen LogP contribution in [0.3, 0.4) is 0 Å². The van der Waals surface area contributed by atoms with Crippen LogP contribution in [0.2, 0.25) is 0 Å². The van der Waals surface area contributed by atoms with E-state index in [1.54, 1.807) is 17.0 Å². The number of anilines is 1. The van der Waals surface area contributed by atoms with E-state index in [0.29, 0.717) is 36.7 Å². The van der Waals surface area contributed by atoms with Crippen molar-refractivity contribution < 1.29 is 14.5 Å². The first-order valence-electron chi connectivity index (χ1n) is 10.0. The zero-order valence-corrected chi connectivity index (χ0v) is 18.5. The van der Waals surface area contributed by atoms with Crippen LogP contribution in [0.25, 0.3) is 10.2 Å². The van der Waals surface area contributed by atoms with Gasteiger partial charge in [0.05, 0.1) is 15.1 Å². The van der Waals surface area contributed by atoms with E-state index in [1.165, 1.54) is 24.3 Å². The summed E-state index contributed by atoms with van der Waals surface area (Å²) in [4.78, 5) is 39.5. The molecule has 2 heterocycles. The number of nitro benzene ring substituents is 1. The summed E-state index contributed by atoms with van der Waals surface area (Å²) in [6.45, 7) is 3.49. The average molecular weight is 455 g/mol. The van der Waals surface area contributed by atoms with Gasteiger partial charge in [-0.1, -0.05) is 23.5 Å². The lowest BCUT2D eigenvalue weighted by Crippen LogP contribution is -2.48. The van der Waals surface area contributed by atoms with E-state index < -0.39 is 10.8 Å². The van der Waals surface area contributed by atoms with Crippen molar-refractivity contribution in [3.8, 4) is 0 Å². The molecular weight excluding hydrogens is 432 g/mol. The number of hydrogen-bond acceptors (Lipinski definition) is 7. The molecule has 1 aromatic heterocycles. The number of carbonyl (C=O) groups excluding carboxylic acids is 2. The molecule has 1 fully saturated rings. The van der Waals surface area contributed by atoms with Gasteiger partial charge in [0, 0.05) is 51.8 Å². The molecule has 2 aromatic carbocycles. The van der Waals surface area contributed by atoms with Crippen LogP contribution in [0.15, 0.2) is 47.6 Å². The Labute approximate surface area is 187 Å². The molecule has 166 valence electrons. The fourth-order valence-electron chi connectivity index (χ4n) is 3.69. The zero-order valence-electron chi connectivity index (χ0n) is 17.6. The number of carbonyl (C=O) groups is 2. The molecule has 2 amide bonds. The van der Waals surface area contributed by atoms with Crippen molar-refractivity contribution in [2.24, 2.45) is 12.1 Å². The lowest BCUT2D eigenvalue weighted by atomic mass is 10.1. The molecule has 0 aliphatic carbocycles. The Morgan fingerprint density at radius 3 is 2.50 bits per heavy atom.